The number of rotatable bonds is 5. The summed E-state index contributed by atoms with van der Waals surface area (Å²) in [6, 6.07) is 5.75. The molecule has 2 aromatic rings. The highest BCUT2D eigenvalue weighted by Gasteiger charge is 2.08. The van der Waals surface area contributed by atoms with E-state index in [-0.39, 0.29) is 28.9 Å². The molecule has 0 saturated carbocycles. The van der Waals surface area contributed by atoms with E-state index in [1.165, 1.54) is 24.4 Å². The zero-order chi connectivity index (χ0) is 15.4. The smallest absolute Gasteiger partial charge is 0.287 e. The van der Waals surface area contributed by atoms with E-state index < -0.39 is 10.5 Å². The molecule has 1 heterocycles. The van der Waals surface area contributed by atoms with Crippen LogP contribution in [0.4, 0.5) is 5.69 Å². The van der Waals surface area contributed by atoms with E-state index in [2.05, 4.69) is 5.10 Å². The summed E-state index contributed by atoms with van der Waals surface area (Å²) in [6.07, 6.45) is 1.26. The Bertz CT molecular complexity index is 733. The van der Waals surface area contributed by atoms with Crippen LogP contribution < -0.4 is 10.3 Å². The third-order valence-electron chi connectivity index (χ3n) is 2.54. The van der Waals surface area contributed by atoms with Crippen LogP contribution in [-0.4, -0.2) is 21.3 Å². The van der Waals surface area contributed by atoms with E-state index in [4.69, 9.17) is 27.9 Å². The summed E-state index contributed by atoms with van der Waals surface area (Å²) in [6.45, 7) is 0.241. The van der Waals surface area contributed by atoms with E-state index in [0.29, 0.717) is 5.75 Å². The number of nitro groups is 1. The molecule has 1 aromatic carbocycles. The van der Waals surface area contributed by atoms with Crippen molar-refractivity contribution in [3.63, 3.8) is 0 Å². The van der Waals surface area contributed by atoms with Crippen LogP contribution in [-0.2, 0) is 6.54 Å². The standard InChI is InChI=1S/C12H9Cl2N3O4/c13-10-7-15-16(12(18)11(10)14)4-5-21-9-3-1-2-8(6-9)17(19)20/h1-3,6-7H,4-5H2. The van der Waals surface area contributed by atoms with E-state index in [9.17, 15) is 14.9 Å². The van der Waals surface area contributed by atoms with Gasteiger partial charge >= 0.3 is 0 Å². The van der Waals surface area contributed by atoms with Crippen molar-refractivity contribution in [3.05, 3.63) is 61.0 Å². The molecule has 7 nitrogen and oxygen atoms in total. The first kappa shape index (κ1) is 15.3. The average Bonchev–Trinajstić information content (AvgIpc) is 2.47. The molecule has 0 bridgehead atoms. The largest absolute Gasteiger partial charge is 0.491 e. The lowest BCUT2D eigenvalue weighted by Crippen LogP contribution is -2.25. The molecule has 0 atom stereocenters. The summed E-state index contributed by atoms with van der Waals surface area (Å²) >= 11 is 11.4. The quantitative estimate of drug-likeness (QED) is 0.621. The highest BCUT2D eigenvalue weighted by atomic mass is 35.5. The van der Waals surface area contributed by atoms with Gasteiger partial charge in [-0.25, -0.2) is 4.68 Å². The summed E-state index contributed by atoms with van der Waals surface area (Å²) in [5, 5.41) is 14.4. The number of ether oxygens (including phenoxy) is 1. The minimum Gasteiger partial charge on any atom is -0.491 e. The van der Waals surface area contributed by atoms with Gasteiger partial charge in [0.05, 0.1) is 28.8 Å². The van der Waals surface area contributed by atoms with Crippen LogP contribution in [0.5, 0.6) is 5.75 Å². The third kappa shape index (κ3) is 3.71. The van der Waals surface area contributed by atoms with Crippen LogP contribution in [0, 0.1) is 10.1 Å². The molecule has 0 saturated heterocycles. The van der Waals surface area contributed by atoms with Crippen LogP contribution in [0.25, 0.3) is 0 Å². The Morgan fingerprint density at radius 2 is 2.14 bits per heavy atom. The number of halogens is 2. The van der Waals surface area contributed by atoms with Gasteiger partial charge in [-0.15, -0.1) is 0 Å². The lowest BCUT2D eigenvalue weighted by molar-refractivity contribution is -0.384. The van der Waals surface area contributed by atoms with Gasteiger partial charge in [0, 0.05) is 6.07 Å². The average molecular weight is 330 g/mol. The van der Waals surface area contributed by atoms with Gasteiger partial charge in [-0.2, -0.15) is 5.10 Å². The van der Waals surface area contributed by atoms with Crippen LogP contribution in [0.15, 0.2) is 35.3 Å². The van der Waals surface area contributed by atoms with Crippen molar-refractivity contribution in [2.75, 3.05) is 6.61 Å². The Labute approximate surface area is 128 Å². The molecule has 0 radical (unpaired) electrons. The number of non-ortho nitro benzene ring substituents is 1. The van der Waals surface area contributed by atoms with Gasteiger partial charge in [-0.05, 0) is 6.07 Å². The normalized spacial score (nSPS) is 10.4. The Morgan fingerprint density at radius 3 is 2.86 bits per heavy atom. The van der Waals surface area contributed by atoms with Gasteiger partial charge in [0.2, 0.25) is 0 Å². The Morgan fingerprint density at radius 1 is 1.38 bits per heavy atom. The van der Waals surface area contributed by atoms with Crippen molar-refractivity contribution in [1.82, 2.24) is 9.78 Å². The van der Waals surface area contributed by atoms with Gasteiger partial charge in [0.15, 0.2) is 0 Å². The maximum absolute atomic E-state index is 11.7. The topological polar surface area (TPSA) is 87.3 Å². The zero-order valence-electron chi connectivity index (χ0n) is 10.5. The maximum atomic E-state index is 11.7. The number of hydrogen-bond donors (Lipinski definition) is 0. The molecule has 0 amide bonds. The molecule has 0 aliphatic carbocycles. The molecule has 0 aliphatic rings. The third-order valence-corrected chi connectivity index (χ3v) is 3.29. The van der Waals surface area contributed by atoms with Crippen molar-refractivity contribution >= 4 is 28.9 Å². The Balaban J connectivity index is 2.02. The van der Waals surface area contributed by atoms with Crippen LogP contribution >= 0.6 is 23.2 Å². The van der Waals surface area contributed by atoms with Crippen molar-refractivity contribution < 1.29 is 9.66 Å². The first-order valence-electron chi connectivity index (χ1n) is 5.77. The van der Waals surface area contributed by atoms with Gasteiger partial charge < -0.3 is 4.74 Å². The molecule has 21 heavy (non-hydrogen) atoms. The first-order valence-corrected chi connectivity index (χ1v) is 6.53. The van der Waals surface area contributed by atoms with E-state index >= 15 is 0 Å². The number of benzene rings is 1. The van der Waals surface area contributed by atoms with Gasteiger partial charge in [-0.3, -0.25) is 14.9 Å². The number of hydrogen-bond acceptors (Lipinski definition) is 5. The fourth-order valence-corrected chi connectivity index (χ4v) is 1.81. The summed E-state index contributed by atoms with van der Waals surface area (Å²) in [7, 11) is 0. The molecule has 2 rings (SSSR count). The second-order valence-electron chi connectivity index (χ2n) is 3.94. The van der Waals surface area contributed by atoms with Crippen LogP contribution in [0.2, 0.25) is 10.0 Å². The predicted molar refractivity (Wildman–Crippen MR) is 77.1 cm³/mol. The molecule has 0 N–H and O–H groups in total. The van der Waals surface area contributed by atoms with Crippen molar-refractivity contribution in [2.45, 2.75) is 6.54 Å². The first-order chi connectivity index (χ1) is 9.99. The second kappa shape index (κ2) is 6.55. The van der Waals surface area contributed by atoms with E-state index in [0.717, 1.165) is 4.68 Å². The summed E-state index contributed by atoms with van der Waals surface area (Å²) < 4.78 is 6.45. The number of nitrogens with zero attached hydrogens (tertiary/aromatic N) is 3. The summed E-state index contributed by atoms with van der Waals surface area (Å²) in [4.78, 5) is 21.8. The van der Waals surface area contributed by atoms with Crippen molar-refractivity contribution in [1.29, 1.82) is 0 Å². The Kier molecular flexibility index (Phi) is 4.77. The van der Waals surface area contributed by atoms with Crippen molar-refractivity contribution in [2.24, 2.45) is 0 Å². The lowest BCUT2D eigenvalue weighted by atomic mass is 10.3. The van der Waals surface area contributed by atoms with Gasteiger partial charge in [0.25, 0.3) is 11.2 Å². The minimum atomic E-state index is -0.521. The minimum absolute atomic E-state index is 0.0719. The van der Waals surface area contributed by atoms with Crippen LogP contribution in [0.1, 0.15) is 0 Å². The zero-order valence-corrected chi connectivity index (χ0v) is 12.0. The van der Waals surface area contributed by atoms with E-state index in [1.54, 1.807) is 6.07 Å². The highest BCUT2D eigenvalue weighted by Crippen LogP contribution is 2.19. The highest BCUT2D eigenvalue weighted by molar-refractivity contribution is 6.41. The molecule has 9 heteroatoms. The molecule has 0 unspecified atom stereocenters. The maximum Gasteiger partial charge on any atom is 0.287 e. The lowest BCUT2D eigenvalue weighted by Gasteiger charge is -2.07. The SMILES string of the molecule is O=c1c(Cl)c(Cl)cnn1CCOc1cccc([N+](=O)[O-])c1. The van der Waals surface area contributed by atoms with Crippen LogP contribution in [0.3, 0.4) is 0 Å². The number of aromatic nitrogens is 2. The van der Waals surface area contributed by atoms with Gasteiger partial charge in [-0.1, -0.05) is 29.3 Å². The van der Waals surface area contributed by atoms with Gasteiger partial charge in [0.1, 0.15) is 17.4 Å². The molecular weight excluding hydrogens is 321 g/mol. The molecule has 0 spiro atoms. The molecule has 0 fully saturated rings. The van der Waals surface area contributed by atoms with Crippen molar-refractivity contribution in [3.8, 4) is 5.75 Å². The Hall–Kier alpha value is -2.12. The molecule has 0 aliphatic heterocycles. The predicted octanol–water partition coefficient (Wildman–Crippen LogP) is 2.54. The summed E-state index contributed by atoms with van der Waals surface area (Å²) in [5.41, 5.74) is -0.593. The fourth-order valence-electron chi connectivity index (χ4n) is 1.54. The second-order valence-corrected chi connectivity index (χ2v) is 4.72. The van der Waals surface area contributed by atoms with E-state index in [1.807, 2.05) is 0 Å². The molecular formula is C12H9Cl2N3O4. The monoisotopic (exact) mass is 329 g/mol. The fraction of sp³-hybridized carbons (Fsp3) is 0.167. The molecule has 1 aromatic heterocycles. The summed E-state index contributed by atoms with van der Waals surface area (Å²) in [5.74, 6) is 0.331. The molecule has 110 valence electrons. The number of nitro benzene ring substituents is 1.